The first kappa shape index (κ1) is 12.5. The molecule has 5 nitrogen and oxygen atoms in total. The van der Waals surface area contributed by atoms with Crippen molar-refractivity contribution in [3.63, 3.8) is 0 Å². The molecule has 16 heavy (non-hydrogen) atoms. The molecule has 0 fully saturated rings. The summed E-state index contributed by atoms with van der Waals surface area (Å²) in [4.78, 5) is 13.0. The molecule has 0 heterocycles. The normalized spacial score (nSPS) is 10.9. The summed E-state index contributed by atoms with van der Waals surface area (Å²) in [6, 6.07) is 6.27. The van der Waals surface area contributed by atoms with Crippen LogP contribution in [0.2, 0.25) is 0 Å². The van der Waals surface area contributed by atoms with Gasteiger partial charge in [-0.2, -0.15) is 0 Å². The molecule has 0 bridgehead atoms. The molecule has 1 amide bonds. The molecule has 0 saturated carbocycles. The number of hydrogen-bond donors (Lipinski definition) is 1. The molecular formula is C10H14N2O3S. The number of rotatable bonds is 3. The van der Waals surface area contributed by atoms with Crippen LogP contribution in [-0.2, 0) is 10.0 Å². The van der Waals surface area contributed by atoms with Gasteiger partial charge in [0.15, 0.2) is 0 Å². The number of hydrogen-bond acceptors (Lipinski definition) is 3. The Morgan fingerprint density at radius 1 is 1.19 bits per heavy atom. The SMILES string of the molecule is CN(C)C(=O)c1ccc(NS(C)(=O)=O)cc1. The first-order chi connectivity index (χ1) is 7.29. The van der Waals surface area contributed by atoms with Crippen molar-refractivity contribution in [2.45, 2.75) is 0 Å². The molecule has 0 aliphatic rings. The van der Waals surface area contributed by atoms with Gasteiger partial charge in [-0.1, -0.05) is 0 Å². The second-order valence-electron chi connectivity index (χ2n) is 3.65. The van der Waals surface area contributed by atoms with Crippen molar-refractivity contribution in [2.75, 3.05) is 25.1 Å². The lowest BCUT2D eigenvalue weighted by Gasteiger charge is -2.10. The maximum Gasteiger partial charge on any atom is 0.253 e. The van der Waals surface area contributed by atoms with Crippen LogP contribution in [0.1, 0.15) is 10.4 Å². The summed E-state index contributed by atoms with van der Waals surface area (Å²) < 4.78 is 24.2. The average Bonchev–Trinajstić information content (AvgIpc) is 2.15. The molecule has 0 spiro atoms. The minimum absolute atomic E-state index is 0.120. The molecule has 1 aromatic rings. The minimum atomic E-state index is -3.27. The Morgan fingerprint density at radius 2 is 1.69 bits per heavy atom. The molecule has 1 aromatic carbocycles. The molecule has 1 rings (SSSR count). The van der Waals surface area contributed by atoms with Crippen molar-refractivity contribution in [3.05, 3.63) is 29.8 Å². The van der Waals surface area contributed by atoms with Gasteiger partial charge in [0.05, 0.1) is 6.26 Å². The molecule has 0 saturated heterocycles. The molecule has 0 atom stereocenters. The topological polar surface area (TPSA) is 66.5 Å². The summed E-state index contributed by atoms with van der Waals surface area (Å²) in [5.74, 6) is -0.120. The van der Waals surface area contributed by atoms with E-state index in [0.29, 0.717) is 11.3 Å². The largest absolute Gasteiger partial charge is 0.345 e. The van der Waals surface area contributed by atoms with Crippen LogP contribution in [0.4, 0.5) is 5.69 Å². The van der Waals surface area contributed by atoms with E-state index in [9.17, 15) is 13.2 Å². The Balaban J connectivity index is 2.88. The first-order valence-corrected chi connectivity index (χ1v) is 6.48. The van der Waals surface area contributed by atoms with E-state index in [2.05, 4.69) is 4.72 Å². The van der Waals surface area contributed by atoms with Gasteiger partial charge in [-0.25, -0.2) is 8.42 Å². The highest BCUT2D eigenvalue weighted by molar-refractivity contribution is 7.92. The van der Waals surface area contributed by atoms with Gasteiger partial charge in [0, 0.05) is 25.3 Å². The molecular weight excluding hydrogens is 228 g/mol. The van der Waals surface area contributed by atoms with Crippen molar-refractivity contribution in [2.24, 2.45) is 0 Å². The van der Waals surface area contributed by atoms with E-state index in [1.807, 2.05) is 0 Å². The van der Waals surface area contributed by atoms with E-state index in [4.69, 9.17) is 0 Å². The second kappa shape index (κ2) is 4.52. The third kappa shape index (κ3) is 3.54. The van der Waals surface area contributed by atoms with Crippen LogP contribution in [-0.4, -0.2) is 39.6 Å². The number of sulfonamides is 1. The fourth-order valence-corrected chi connectivity index (χ4v) is 1.72. The summed E-state index contributed by atoms with van der Waals surface area (Å²) in [6.07, 6.45) is 1.08. The number of nitrogens with zero attached hydrogens (tertiary/aromatic N) is 1. The van der Waals surface area contributed by atoms with Crippen molar-refractivity contribution < 1.29 is 13.2 Å². The van der Waals surface area contributed by atoms with E-state index in [1.54, 1.807) is 38.4 Å². The predicted octanol–water partition coefficient (Wildman–Crippen LogP) is 0.760. The van der Waals surface area contributed by atoms with Crippen LogP contribution >= 0.6 is 0 Å². The summed E-state index contributed by atoms with van der Waals surface area (Å²) in [5, 5.41) is 0. The number of anilines is 1. The standard InChI is InChI=1S/C10H14N2O3S/c1-12(2)10(13)8-4-6-9(7-5-8)11-16(3,14)15/h4-7,11H,1-3H3. The van der Waals surface area contributed by atoms with Crippen LogP contribution in [0.5, 0.6) is 0 Å². The van der Waals surface area contributed by atoms with Crippen LogP contribution < -0.4 is 4.72 Å². The fraction of sp³-hybridized carbons (Fsp3) is 0.300. The molecule has 0 aliphatic carbocycles. The molecule has 0 unspecified atom stereocenters. The monoisotopic (exact) mass is 242 g/mol. The number of nitrogens with one attached hydrogen (secondary N) is 1. The molecule has 88 valence electrons. The highest BCUT2D eigenvalue weighted by atomic mass is 32.2. The molecule has 6 heteroatoms. The second-order valence-corrected chi connectivity index (χ2v) is 5.40. The van der Waals surface area contributed by atoms with Crippen LogP contribution in [0.3, 0.4) is 0 Å². The lowest BCUT2D eigenvalue weighted by atomic mass is 10.2. The van der Waals surface area contributed by atoms with Gasteiger partial charge >= 0.3 is 0 Å². The Bertz CT molecular complexity index is 477. The Hall–Kier alpha value is -1.56. The first-order valence-electron chi connectivity index (χ1n) is 4.59. The Kier molecular flexibility index (Phi) is 3.54. The fourth-order valence-electron chi connectivity index (χ4n) is 1.15. The maximum absolute atomic E-state index is 11.5. The van der Waals surface area contributed by atoms with Crippen molar-refractivity contribution >= 4 is 21.6 Å². The zero-order chi connectivity index (χ0) is 12.3. The van der Waals surface area contributed by atoms with E-state index >= 15 is 0 Å². The van der Waals surface area contributed by atoms with Crippen molar-refractivity contribution in [3.8, 4) is 0 Å². The smallest absolute Gasteiger partial charge is 0.253 e. The van der Waals surface area contributed by atoms with Gasteiger partial charge in [-0.05, 0) is 24.3 Å². The predicted molar refractivity (Wildman–Crippen MR) is 62.9 cm³/mol. The van der Waals surface area contributed by atoms with Crippen molar-refractivity contribution in [1.82, 2.24) is 4.90 Å². The third-order valence-electron chi connectivity index (χ3n) is 1.84. The van der Waals surface area contributed by atoms with Gasteiger partial charge in [0.25, 0.3) is 5.91 Å². The number of benzene rings is 1. The molecule has 1 N–H and O–H groups in total. The lowest BCUT2D eigenvalue weighted by molar-refractivity contribution is 0.0827. The summed E-state index contributed by atoms with van der Waals surface area (Å²) in [5.41, 5.74) is 0.960. The van der Waals surface area contributed by atoms with Crippen LogP contribution in [0.25, 0.3) is 0 Å². The van der Waals surface area contributed by atoms with E-state index < -0.39 is 10.0 Å². The van der Waals surface area contributed by atoms with E-state index in [0.717, 1.165) is 6.26 Å². The van der Waals surface area contributed by atoms with Crippen LogP contribution in [0.15, 0.2) is 24.3 Å². The third-order valence-corrected chi connectivity index (χ3v) is 2.45. The number of carbonyl (C=O) groups excluding carboxylic acids is 1. The van der Waals surface area contributed by atoms with Gasteiger partial charge < -0.3 is 4.90 Å². The minimum Gasteiger partial charge on any atom is -0.345 e. The van der Waals surface area contributed by atoms with Gasteiger partial charge in [-0.3, -0.25) is 9.52 Å². The van der Waals surface area contributed by atoms with Crippen LogP contribution in [0, 0.1) is 0 Å². The summed E-state index contributed by atoms with van der Waals surface area (Å²) >= 11 is 0. The molecule has 0 radical (unpaired) electrons. The molecule has 0 aromatic heterocycles. The number of carbonyl (C=O) groups is 1. The van der Waals surface area contributed by atoms with E-state index in [1.165, 1.54) is 4.90 Å². The highest BCUT2D eigenvalue weighted by Gasteiger charge is 2.08. The van der Waals surface area contributed by atoms with Gasteiger partial charge in [-0.15, -0.1) is 0 Å². The summed E-state index contributed by atoms with van der Waals surface area (Å²) in [7, 11) is 0.0435. The number of amides is 1. The average molecular weight is 242 g/mol. The quantitative estimate of drug-likeness (QED) is 0.851. The van der Waals surface area contributed by atoms with Gasteiger partial charge in [0.1, 0.15) is 0 Å². The Labute approximate surface area is 95.1 Å². The Morgan fingerprint density at radius 3 is 2.06 bits per heavy atom. The zero-order valence-corrected chi connectivity index (χ0v) is 10.2. The molecule has 0 aliphatic heterocycles. The summed E-state index contributed by atoms with van der Waals surface area (Å²) in [6.45, 7) is 0. The lowest BCUT2D eigenvalue weighted by Crippen LogP contribution is -2.21. The zero-order valence-electron chi connectivity index (χ0n) is 9.39. The highest BCUT2D eigenvalue weighted by Crippen LogP contribution is 2.11. The van der Waals surface area contributed by atoms with Crippen molar-refractivity contribution in [1.29, 1.82) is 0 Å². The maximum atomic E-state index is 11.5. The van der Waals surface area contributed by atoms with Gasteiger partial charge in [0.2, 0.25) is 10.0 Å². The van der Waals surface area contributed by atoms with E-state index in [-0.39, 0.29) is 5.91 Å².